The van der Waals surface area contributed by atoms with Gasteiger partial charge in [-0.05, 0) is 61.1 Å². The molecular weight excluding hydrogens is 303 g/mol. The highest BCUT2D eigenvalue weighted by Gasteiger charge is 2.23. The van der Waals surface area contributed by atoms with E-state index in [-0.39, 0.29) is 4.30 Å². The van der Waals surface area contributed by atoms with E-state index < -0.39 is 0 Å². The lowest BCUT2D eigenvalue weighted by atomic mass is 9.84. The van der Waals surface area contributed by atoms with Gasteiger partial charge in [0.05, 0.1) is 13.2 Å². The van der Waals surface area contributed by atoms with Gasteiger partial charge in [0.1, 0.15) is 0 Å². The molecule has 2 aliphatic rings. The third-order valence-corrected chi connectivity index (χ3v) is 4.06. The summed E-state index contributed by atoms with van der Waals surface area (Å²) in [4.78, 5) is 0. The van der Waals surface area contributed by atoms with Crippen LogP contribution in [0.1, 0.15) is 32.6 Å². The molecule has 0 spiro atoms. The summed E-state index contributed by atoms with van der Waals surface area (Å²) in [7, 11) is 0. The zero-order valence-electron chi connectivity index (χ0n) is 9.25. The average Bonchev–Trinajstić information content (AvgIpc) is 2.25. The molecule has 86 valence electrons. The number of ether oxygens (including phenoxy) is 2. The van der Waals surface area contributed by atoms with Crippen molar-refractivity contribution in [2.45, 2.75) is 36.9 Å². The Morgan fingerprint density at radius 1 is 1.33 bits per heavy atom. The normalized spacial score (nSPS) is 37.5. The predicted octanol–water partition coefficient (Wildman–Crippen LogP) is 3.50. The van der Waals surface area contributed by atoms with Crippen LogP contribution in [-0.4, -0.2) is 17.5 Å². The molecule has 0 radical (unpaired) electrons. The highest BCUT2D eigenvalue weighted by molar-refractivity contribution is 14.1. The smallest absolute Gasteiger partial charge is 0.210 e. The van der Waals surface area contributed by atoms with E-state index in [2.05, 4.69) is 35.6 Å². The Morgan fingerprint density at radius 2 is 2.07 bits per heavy atom. The van der Waals surface area contributed by atoms with Crippen molar-refractivity contribution in [2.75, 3.05) is 13.2 Å². The second-order valence-corrected chi connectivity index (χ2v) is 5.75. The quantitative estimate of drug-likeness (QED) is 0.440. The molecule has 2 rings (SSSR count). The van der Waals surface area contributed by atoms with Gasteiger partial charge < -0.3 is 9.47 Å². The summed E-state index contributed by atoms with van der Waals surface area (Å²) in [6.45, 7) is 4.00. The second kappa shape index (κ2) is 5.64. The minimum Gasteiger partial charge on any atom is -0.344 e. The van der Waals surface area contributed by atoms with Gasteiger partial charge in [-0.1, -0.05) is 11.6 Å². The Labute approximate surface area is 106 Å². The van der Waals surface area contributed by atoms with Crippen molar-refractivity contribution in [3.63, 3.8) is 0 Å². The molecule has 0 aromatic heterocycles. The molecule has 1 saturated heterocycles. The van der Waals surface area contributed by atoms with Crippen molar-refractivity contribution in [1.29, 1.82) is 0 Å². The van der Waals surface area contributed by atoms with E-state index in [0.717, 1.165) is 19.1 Å². The maximum atomic E-state index is 5.50. The average molecular weight is 322 g/mol. The van der Waals surface area contributed by atoms with Gasteiger partial charge in [-0.2, -0.15) is 0 Å². The first kappa shape index (κ1) is 11.9. The molecule has 1 atom stereocenters. The van der Waals surface area contributed by atoms with Crippen LogP contribution in [-0.2, 0) is 9.47 Å². The molecule has 1 heterocycles. The molecule has 0 saturated carbocycles. The highest BCUT2D eigenvalue weighted by Crippen LogP contribution is 2.30. The first-order valence-corrected chi connectivity index (χ1v) is 7.01. The van der Waals surface area contributed by atoms with E-state index >= 15 is 0 Å². The lowest BCUT2D eigenvalue weighted by molar-refractivity contribution is -0.143. The molecule has 1 unspecified atom stereocenters. The summed E-state index contributed by atoms with van der Waals surface area (Å²) in [6.07, 6.45) is 7.57. The van der Waals surface area contributed by atoms with E-state index in [9.17, 15) is 0 Å². The largest absolute Gasteiger partial charge is 0.344 e. The zero-order valence-corrected chi connectivity index (χ0v) is 11.4. The molecule has 0 aromatic rings. The van der Waals surface area contributed by atoms with Gasteiger partial charge in [-0.15, -0.1) is 0 Å². The van der Waals surface area contributed by atoms with E-state index in [1.165, 1.54) is 25.7 Å². The Hall–Kier alpha value is 0.390. The third-order valence-electron chi connectivity index (χ3n) is 3.34. The van der Waals surface area contributed by atoms with Gasteiger partial charge in [-0.3, -0.25) is 0 Å². The summed E-state index contributed by atoms with van der Waals surface area (Å²) in [6, 6.07) is 0. The number of alkyl halides is 1. The zero-order chi connectivity index (χ0) is 10.7. The van der Waals surface area contributed by atoms with Crippen LogP contribution in [0.2, 0.25) is 0 Å². The minimum atomic E-state index is -0.0210. The summed E-state index contributed by atoms with van der Waals surface area (Å²) in [5.74, 6) is 1.48. The molecule has 3 heteroatoms. The van der Waals surface area contributed by atoms with Crippen LogP contribution in [0.15, 0.2) is 11.6 Å². The lowest BCUT2D eigenvalue weighted by Crippen LogP contribution is -2.30. The molecule has 1 fully saturated rings. The molecule has 0 N–H and O–H groups in total. The first-order chi connectivity index (χ1) is 7.24. The molecule has 1 aliphatic heterocycles. The number of allylic oxidation sites excluding steroid dienone is 2. The number of halogens is 1. The maximum Gasteiger partial charge on any atom is 0.210 e. The summed E-state index contributed by atoms with van der Waals surface area (Å²) in [5.41, 5.74) is 1.56. The van der Waals surface area contributed by atoms with Gasteiger partial charge in [-0.25, -0.2) is 0 Å². The fourth-order valence-corrected chi connectivity index (χ4v) is 2.78. The van der Waals surface area contributed by atoms with Gasteiger partial charge >= 0.3 is 0 Å². The highest BCUT2D eigenvalue weighted by atomic mass is 127. The predicted molar refractivity (Wildman–Crippen MR) is 68.9 cm³/mol. The van der Waals surface area contributed by atoms with Crippen LogP contribution < -0.4 is 0 Å². The van der Waals surface area contributed by atoms with Crippen molar-refractivity contribution in [2.24, 2.45) is 11.8 Å². The van der Waals surface area contributed by atoms with Crippen molar-refractivity contribution in [3.05, 3.63) is 11.6 Å². The summed E-state index contributed by atoms with van der Waals surface area (Å²) in [5, 5.41) is 0. The van der Waals surface area contributed by atoms with Gasteiger partial charge in [0.25, 0.3) is 0 Å². The topological polar surface area (TPSA) is 18.5 Å². The molecule has 0 amide bonds. The number of hydrogen-bond donors (Lipinski definition) is 0. The van der Waals surface area contributed by atoms with Crippen LogP contribution in [0, 0.1) is 11.8 Å². The van der Waals surface area contributed by atoms with Crippen LogP contribution in [0.25, 0.3) is 0 Å². The summed E-state index contributed by atoms with van der Waals surface area (Å²) < 4.78 is 11.0. The van der Waals surface area contributed by atoms with Crippen molar-refractivity contribution >= 4 is 22.6 Å². The van der Waals surface area contributed by atoms with Crippen LogP contribution in [0.3, 0.4) is 0 Å². The number of rotatable bonds is 2. The molecule has 1 aliphatic carbocycles. The molecule has 2 nitrogen and oxygen atoms in total. The standard InChI is InChI=1S/C12H19IO2/c1-9-2-4-10(5-3-9)6-11-7-14-12(13)15-8-11/h2,10-12H,3-8H2,1H3. The van der Waals surface area contributed by atoms with E-state index in [1.807, 2.05) is 0 Å². The van der Waals surface area contributed by atoms with Crippen molar-refractivity contribution in [3.8, 4) is 0 Å². The molecule has 0 bridgehead atoms. The summed E-state index contributed by atoms with van der Waals surface area (Å²) >= 11 is 2.19. The monoisotopic (exact) mass is 322 g/mol. The molecule has 0 aromatic carbocycles. The van der Waals surface area contributed by atoms with E-state index in [4.69, 9.17) is 9.47 Å². The van der Waals surface area contributed by atoms with Crippen LogP contribution in [0.4, 0.5) is 0 Å². The Morgan fingerprint density at radius 3 is 2.67 bits per heavy atom. The third kappa shape index (κ3) is 3.71. The Bertz CT molecular complexity index is 232. The second-order valence-electron chi connectivity index (χ2n) is 4.73. The lowest BCUT2D eigenvalue weighted by Gasteiger charge is -2.30. The van der Waals surface area contributed by atoms with Crippen LogP contribution in [0.5, 0.6) is 0 Å². The van der Waals surface area contributed by atoms with Crippen molar-refractivity contribution in [1.82, 2.24) is 0 Å². The van der Waals surface area contributed by atoms with Gasteiger partial charge in [0.2, 0.25) is 4.30 Å². The first-order valence-electron chi connectivity index (χ1n) is 5.77. The Kier molecular flexibility index (Phi) is 4.46. The van der Waals surface area contributed by atoms with Crippen molar-refractivity contribution < 1.29 is 9.47 Å². The molecule has 15 heavy (non-hydrogen) atoms. The Balaban J connectivity index is 1.73. The minimum absolute atomic E-state index is 0.0210. The van der Waals surface area contributed by atoms with E-state index in [0.29, 0.717) is 5.92 Å². The SMILES string of the molecule is CC1=CCC(CC2COC(I)OC2)CC1. The maximum absolute atomic E-state index is 5.50. The fraction of sp³-hybridized carbons (Fsp3) is 0.833. The van der Waals surface area contributed by atoms with Gasteiger partial charge in [0, 0.05) is 5.92 Å². The van der Waals surface area contributed by atoms with Gasteiger partial charge in [0.15, 0.2) is 0 Å². The fourth-order valence-electron chi connectivity index (χ4n) is 2.36. The molecular formula is C12H19IO2. The number of hydrogen-bond acceptors (Lipinski definition) is 2. The van der Waals surface area contributed by atoms with Crippen LogP contribution >= 0.6 is 22.6 Å². The van der Waals surface area contributed by atoms with E-state index in [1.54, 1.807) is 5.57 Å².